The molecule has 4 aromatic rings. The Labute approximate surface area is 182 Å². The van der Waals surface area contributed by atoms with Crippen LogP contribution in [0.15, 0.2) is 53.8 Å². The van der Waals surface area contributed by atoms with Crippen LogP contribution >= 0.6 is 23.3 Å². The largest absolute Gasteiger partial charge is 0.497 e. The first-order valence-corrected chi connectivity index (χ1v) is 11.1. The van der Waals surface area contributed by atoms with Gasteiger partial charge in [0, 0.05) is 11.3 Å². The van der Waals surface area contributed by atoms with Crippen molar-refractivity contribution in [3.05, 3.63) is 59.9 Å². The quantitative estimate of drug-likeness (QED) is 0.334. The van der Waals surface area contributed by atoms with Gasteiger partial charge in [-0.15, -0.1) is 0 Å². The first-order chi connectivity index (χ1) is 14.5. The molecule has 0 spiro atoms. The van der Waals surface area contributed by atoms with E-state index in [9.17, 15) is 4.79 Å². The van der Waals surface area contributed by atoms with Crippen LogP contribution in [-0.2, 0) is 4.79 Å². The number of nitrogens with zero attached hydrogens (tertiary/aromatic N) is 3. The van der Waals surface area contributed by atoms with E-state index in [1.165, 1.54) is 35.2 Å². The second kappa shape index (κ2) is 8.81. The standard InChI is InChI=1S/C22H20N4O2S2/c1-13-4-9-17(14(2)10-13)25-18(27)11-29-22-21-20(23-12-24-22)19(26-30-21)15-5-7-16(28-3)8-6-15/h4-10,12H,11H2,1-3H3,(H,25,27). The SMILES string of the molecule is COc1ccc(-c2nsc3c(SCC(=O)Nc4ccc(C)cc4C)ncnc23)cc1. The Balaban J connectivity index is 1.50. The number of nitrogens with one attached hydrogen (secondary N) is 1. The minimum atomic E-state index is -0.0707. The van der Waals surface area contributed by atoms with Crippen LogP contribution in [0.1, 0.15) is 11.1 Å². The minimum Gasteiger partial charge on any atom is -0.497 e. The van der Waals surface area contributed by atoms with E-state index in [0.29, 0.717) is 0 Å². The Hall–Kier alpha value is -2.97. The predicted octanol–water partition coefficient (Wildman–Crippen LogP) is 5.11. The van der Waals surface area contributed by atoms with E-state index in [2.05, 4.69) is 25.7 Å². The highest BCUT2D eigenvalue weighted by Crippen LogP contribution is 2.34. The fourth-order valence-electron chi connectivity index (χ4n) is 3.06. The zero-order chi connectivity index (χ0) is 21.1. The number of hydrogen-bond acceptors (Lipinski definition) is 7. The summed E-state index contributed by atoms with van der Waals surface area (Å²) in [5, 5.41) is 3.73. The number of carbonyl (C=O) groups excluding carboxylic acids is 1. The number of carbonyl (C=O) groups is 1. The topological polar surface area (TPSA) is 77.0 Å². The average molecular weight is 437 g/mol. The smallest absolute Gasteiger partial charge is 0.234 e. The lowest BCUT2D eigenvalue weighted by molar-refractivity contribution is -0.113. The molecule has 0 saturated heterocycles. The molecule has 4 rings (SSSR count). The van der Waals surface area contributed by atoms with Crippen molar-refractivity contribution < 1.29 is 9.53 Å². The van der Waals surface area contributed by atoms with Gasteiger partial charge in [0.15, 0.2) is 0 Å². The highest BCUT2D eigenvalue weighted by atomic mass is 32.2. The van der Waals surface area contributed by atoms with Gasteiger partial charge >= 0.3 is 0 Å². The van der Waals surface area contributed by atoms with Crippen molar-refractivity contribution in [1.29, 1.82) is 0 Å². The van der Waals surface area contributed by atoms with E-state index in [1.54, 1.807) is 7.11 Å². The molecule has 6 nitrogen and oxygen atoms in total. The summed E-state index contributed by atoms with van der Waals surface area (Å²) in [6, 6.07) is 13.7. The van der Waals surface area contributed by atoms with Crippen molar-refractivity contribution in [3.8, 4) is 17.0 Å². The first-order valence-electron chi connectivity index (χ1n) is 9.30. The summed E-state index contributed by atoms with van der Waals surface area (Å²) >= 11 is 2.73. The number of hydrogen-bond donors (Lipinski definition) is 1. The maximum Gasteiger partial charge on any atom is 0.234 e. The van der Waals surface area contributed by atoms with Crippen molar-refractivity contribution in [2.24, 2.45) is 0 Å². The highest BCUT2D eigenvalue weighted by Gasteiger charge is 2.16. The number of aromatic nitrogens is 3. The molecule has 0 aliphatic heterocycles. The molecule has 1 amide bonds. The van der Waals surface area contributed by atoms with E-state index in [4.69, 9.17) is 4.74 Å². The molecule has 0 unspecified atom stereocenters. The fraction of sp³-hybridized carbons (Fsp3) is 0.182. The van der Waals surface area contributed by atoms with Crippen molar-refractivity contribution in [2.75, 3.05) is 18.2 Å². The maximum atomic E-state index is 12.4. The zero-order valence-corrected chi connectivity index (χ0v) is 18.4. The summed E-state index contributed by atoms with van der Waals surface area (Å²) in [5.41, 5.74) is 5.60. The van der Waals surface area contributed by atoms with Crippen LogP contribution in [0.2, 0.25) is 0 Å². The number of amides is 1. The van der Waals surface area contributed by atoms with Crippen LogP contribution < -0.4 is 10.1 Å². The van der Waals surface area contributed by atoms with E-state index in [1.807, 2.05) is 50.2 Å². The first kappa shape index (κ1) is 20.3. The molecule has 8 heteroatoms. The zero-order valence-electron chi connectivity index (χ0n) is 16.8. The Morgan fingerprint density at radius 1 is 1.13 bits per heavy atom. The molecule has 152 valence electrons. The lowest BCUT2D eigenvalue weighted by Gasteiger charge is -2.09. The number of methoxy groups -OCH3 is 1. The lowest BCUT2D eigenvalue weighted by atomic mass is 10.1. The summed E-state index contributed by atoms with van der Waals surface area (Å²) < 4.78 is 10.7. The number of ether oxygens (including phenoxy) is 1. The average Bonchev–Trinajstić information content (AvgIpc) is 3.19. The summed E-state index contributed by atoms with van der Waals surface area (Å²) in [4.78, 5) is 21.2. The summed E-state index contributed by atoms with van der Waals surface area (Å²) in [7, 11) is 1.64. The number of anilines is 1. The van der Waals surface area contributed by atoms with Crippen LogP contribution in [0.4, 0.5) is 5.69 Å². The van der Waals surface area contributed by atoms with Gasteiger partial charge in [0.25, 0.3) is 0 Å². The van der Waals surface area contributed by atoms with E-state index < -0.39 is 0 Å². The fourth-order valence-corrected chi connectivity index (χ4v) is 4.78. The highest BCUT2D eigenvalue weighted by molar-refractivity contribution is 8.00. The third-order valence-corrected chi connectivity index (χ3v) is 6.54. The molecule has 0 saturated carbocycles. The van der Waals surface area contributed by atoms with Gasteiger partial charge in [-0.05, 0) is 61.3 Å². The molecule has 0 radical (unpaired) electrons. The van der Waals surface area contributed by atoms with Gasteiger partial charge in [-0.1, -0.05) is 29.5 Å². The molecule has 2 heterocycles. The normalized spacial score (nSPS) is 10.9. The number of aryl methyl sites for hydroxylation is 2. The third-order valence-electron chi connectivity index (χ3n) is 4.58. The summed E-state index contributed by atoms with van der Waals surface area (Å²) in [6.07, 6.45) is 1.52. The third kappa shape index (κ3) is 4.29. The molecule has 30 heavy (non-hydrogen) atoms. The van der Waals surface area contributed by atoms with E-state index in [-0.39, 0.29) is 11.7 Å². The predicted molar refractivity (Wildman–Crippen MR) is 122 cm³/mol. The van der Waals surface area contributed by atoms with Crippen LogP contribution in [0.5, 0.6) is 5.75 Å². The number of rotatable bonds is 6. The maximum absolute atomic E-state index is 12.4. The van der Waals surface area contributed by atoms with Gasteiger partial charge < -0.3 is 10.1 Å². The van der Waals surface area contributed by atoms with Gasteiger partial charge in [-0.25, -0.2) is 9.97 Å². The van der Waals surface area contributed by atoms with Crippen molar-refractivity contribution in [3.63, 3.8) is 0 Å². The van der Waals surface area contributed by atoms with Crippen molar-refractivity contribution >= 4 is 45.1 Å². The van der Waals surface area contributed by atoms with Crippen LogP contribution in [0.25, 0.3) is 21.5 Å². The Kier molecular flexibility index (Phi) is 5.96. The molecule has 1 N–H and O–H groups in total. The number of benzene rings is 2. The number of thioether (sulfide) groups is 1. The summed E-state index contributed by atoms with van der Waals surface area (Å²) in [6.45, 7) is 4.02. The Morgan fingerprint density at radius 3 is 2.67 bits per heavy atom. The summed E-state index contributed by atoms with van der Waals surface area (Å²) in [5.74, 6) is 0.979. The molecule has 0 aliphatic rings. The van der Waals surface area contributed by atoms with Crippen LogP contribution in [-0.4, -0.2) is 33.1 Å². The molecule has 0 atom stereocenters. The van der Waals surface area contributed by atoms with E-state index >= 15 is 0 Å². The number of fused-ring (bicyclic) bond motifs is 1. The molecule has 2 aromatic heterocycles. The van der Waals surface area contributed by atoms with Gasteiger partial charge in [-0.3, -0.25) is 4.79 Å². The Bertz CT molecular complexity index is 1210. The molecular weight excluding hydrogens is 416 g/mol. The monoisotopic (exact) mass is 436 g/mol. The molecule has 2 aromatic carbocycles. The van der Waals surface area contributed by atoms with Crippen LogP contribution in [0, 0.1) is 13.8 Å². The second-order valence-electron chi connectivity index (χ2n) is 6.77. The molecular formula is C22H20N4O2S2. The lowest BCUT2D eigenvalue weighted by Crippen LogP contribution is -2.15. The van der Waals surface area contributed by atoms with Crippen molar-refractivity contribution in [1.82, 2.24) is 14.3 Å². The minimum absolute atomic E-state index is 0.0707. The second-order valence-corrected chi connectivity index (χ2v) is 8.51. The molecule has 0 bridgehead atoms. The van der Waals surface area contributed by atoms with E-state index in [0.717, 1.165) is 43.5 Å². The van der Waals surface area contributed by atoms with Gasteiger partial charge in [-0.2, -0.15) is 4.37 Å². The van der Waals surface area contributed by atoms with Gasteiger partial charge in [0.05, 0.1) is 12.9 Å². The molecule has 0 fully saturated rings. The van der Waals surface area contributed by atoms with Gasteiger partial charge in [0.2, 0.25) is 5.91 Å². The molecule has 0 aliphatic carbocycles. The van der Waals surface area contributed by atoms with Gasteiger partial charge in [0.1, 0.15) is 33.0 Å². The van der Waals surface area contributed by atoms with Crippen LogP contribution in [0.3, 0.4) is 0 Å². The Morgan fingerprint density at radius 2 is 1.93 bits per heavy atom. The van der Waals surface area contributed by atoms with Crippen molar-refractivity contribution in [2.45, 2.75) is 18.9 Å².